The Labute approximate surface area is 123 Å². The molecule has 0 unspecified atom stereocenters. The largest absolute Gasteiger partial charge is 0.465 e. The first-order valence-electron chi connectivity index (χ1n) is 6.49. The van der Waals surface area contributed by atoms with Gasteiger partial charge in [0.25, 0.3) is 0 Å². The number of hydrogen-bond donors (Lipinski definition) is 3. The van der Waals surface area contributed by atoms with Crippen LogP contribution in [0.25, 0.3) is 0 Å². The van der Waals surface area contributed by atoms with E-state index in [0.29, 0.717) is 17.8 Å². The zero-order chi connectivity index (χ0) is 15.8. The number of hydrogen-bond acceptors (Lipinski definition) is 5. The highest BCUT2D eigenvalue weighted by Crippen LogP contribution is 2.20. The van der Waals surface area contributed by atoms with Crippen LogP contribution in [0.4, 0.5) is 10.5 Å². The van der Waals surface area contributed by atoms with Crippen LogP contribution >= 0.6 is 0 Å². The van der Waals surface area contributed by atoms with Gasteiger partial charge in [0.15, 0.2) is 0 Å². The van der Waals surface area contributed by atoms with Gasteiger partial charge in [-0.2, -0.15) is 0 Å². The normalized spacial score (nSPS) is 9.67. The highest BCUT2D eigenvalue weighted by molar-refractivity contribution is 5.99. The van der Waals surface area contributed by atoms with Crippen LogP contribution in [-0.2, 0) is 9.53 Å². The van der Waals surface area contributed by atoms with Crippen molar-refractivity contribution in [3.63, 3.8) is 0 Å². The molecule has 0 bridgehead atoms. The summed E-state index contributed by atoms with van der Waals surface area (Å²) < 4.78 is 4.72. The number of nitrogens with one attached hydrogen (secondary N) is 3. The number of rotatable bonds is 5. The smallest absolute Gasteiger partial charge is 0.340 e. The molecule has 0 saturated carbocycles. The molecule has 0 aromatic heterocycles. The molecule has 3 N–H and O–H groups in total. The van der Waals surface area contributed by atoms with Gasteiger partial charge >= 0.3 is 12.0 Å². The summed E-state index contributed by atoms with van der Waals surface area (Å²) in [7, 11) is 1.29. The second-order valence-corrected chi connectivity index (χ2v) is 4.25. The van der Waals surface area contributed by atoms with Gasteiger partial charge in [0.05, 0.1) is 19.2 Å². The monoisotopic (exact) mass is 293 g/mol. The molecule has 3 amide bonds. The number of anilines is 1. The average molecular weight is 293 g/mol. The molecule has 1 aromatic carbocycles. The molecule has 1 aromatic rings. The van der Waals surface area contributed by atoms with Crippen molar-refractivity contribution in [1.82, 2.24) is 10.6 Å². The van der Waals surface area contributed by atoms with E-state index in [-0.39, 0.29) is 6.54 Å². The van der Waals surface area contributed by atoms with Gasteiger partial charge in [0, 0.05) is 12.2 Å². The van der Waals surface area contributed by atoms with Crippen molar-refractivity contribution in [3.05, 3.63) is 29.3 Å². The topological polar surface area (TPSA) is 96.5 Å². The van der Waals surface area contributed by atoms with E-state index in [2.05, 4.69) is 16.0 Å². The molecule has 0 saturated heterocycles. The summed E-state index contributed by atoms with van der Waals surface area (Å²) in [6.45, 7) is 3.81. The van der Waals surface area contributed by atoms with Gasteiger partial charge < -0.3 is 15.4 Å². The van der Waals surface area contributed by atoms with Gasteiger partial charge in [-0.05, 0) is 25.5 Å². The molecular weight excluding hydrogens is 274 g/mol. The zero-order valence-corrected chi connectivity index (χ0v) is 12.3. The van der Waals surface area contributed by atoms with Crippen LogP contribution in [0.15, 0.2) is 18.2 Å². The van der Waals surface area contributed by atoms with Crippen LogP contribution in [0.3, 0.4) is 0 Å². The summed E-state index contributed by atoms with van der Waals surface area (Å²) in [5.41, 5.74) is 1.58. The molecule has 0 radical (unpaired) electrons. The average Bonchev–Trinajstić information content (AvgIpc) is 2.44. The number of carbonyl (C=O) groups is 3. The van der Waals surface area contributed by atoms with Crippen molar-refractivity contribution in [2.45, 2.75) is 13.8 Å². The predicted molar refractivity (Wildman–Crippen MR) is 78.2 cm³/mol. The Kier molecular flexibility index (Phi) is 6.19. The third-order valence-corrected chi connectivity index (χ3v) is 2.69. The molecular formula is C14H19N3O4. The van der Waals surface area contributed by atoms with Crippen LogP contribution in [0, 0.1) is 6.92 Å². The van der Waals surface area contributed by atoms with E-state index < -0.39 is 17.9 Å². The second kappa shape index (κ2) is 7.88. The Morgan fingerprint density at radius 1 is 1.24 bits per heavy atom. The molecule has 0 aliphatic heterocycles. The highest BCUT2D eigenvalue weighted by atomic mass is 16.5. The van der Waals surface area contributed by atoms with Crippen molar-refractivity contribution >= 4 is 23.6 Å². The van der Waals surface area contributed by atoms with E-state index in [4.69, 9.17) is 4.74 Å². The minimum atomic E-state index is -0.554. The molecule has 0 fully saturated rings. The number of benzene rings is 1. The molecule has 114 valence electrons. The Bertz CT molecular complexity index is 543. The summed E-state index contributed by atoms with van der Waals surface area (Å²) in [6.07, 6.45) is 0. The van der Waals surface area contributed by atoms with E-state index in [1.807, 2.05) is 0 Å². The fraction of sp³-hybridized carbons (Fsp3) is 0.357. The number of carbonyl (C=O) groups excluding carboxylic acids is 3. The maximum atomic E-state index is 11.7. The lowest BCUT2D eigenvalue weighted by molar-refractivity contribution is -0.118. The predicted octanol–water partition coefficient (Wildman–Crippen LogP) is 1.04. The molecule has 0 aliphatic rings. The third-order valence-electron chi connectivity index (χ3n) is 2.69. The molecule has 7 heteroatoms. The van der Waals surface area contributed by atoms with E-state index in [1.54, 1.807) is 32.0 Å². The van der Waals surface area contributed by atoms with Gasteiger partial charge in [-0.15, -0.1) is 0 Å². The fourth-order valence-corrected chi connectivity index (χ4v) is 1.74. The number of ether oxygens (including phenoxy) is 1. The van der Waals surface area contributed by atoms with Gasteiger partial charge in [-0.3, -0.25) is 10.1 Å². The summed E-state index contributed by atoms with van der Waals surface area (Å²) in [6, 6.07) is 4.64. The number of esters is 1. The standard InChI is InChI=1S/C14H19N3O4/c1-4-15-14(20)17-11(18)8-16-10-7-5-6-9(2)12(10)13(19)21-3/h5-7,16H,4,8H2,1-3H3,(H2,15,17,18,20). The van der Waals surface area contributed by atoms with E-state index in [1.165, 1.54) is 7.11 Å². The lowest BCUT2D eigenvalue weighted by Crippen LogP contribution is -2.41. The Hall–Kier alpha value is -2.57. The number of methoxy groups -OCH3 is 1. The maximum Gasteiger partial charge on any atom is 0.340 e. The van der Waals surface area contributed by atoms with Crippen molar-refractivity contribution in [1.29, 1.82) is 0 Å². The highest BCUT2D eigenvalue weighted by Gasteiger charge is 2.15. The van der Waals surface area contributed by atoms with Crippen molar-refractivity contribution in [2.75, 3.05) is 25.5 Å². The molecule has 0 spiro atoms. The molecule has 1 rings (SSSR count). The Balaban J connectivity index is 2.71. The zero-order valence-electron chi connectivity index (χ0n) is 12.3. The maximum absolute atomic E-state index is 11.7. The van der Waals surface area contributed by atoms with Crippen molar-refractivity contribution in [3.8, 4) is 0 Å². The second-order valence-electron chi connectivity index (χ2n) is 4.25. The summed E-state index contributed by atoms with van der Waals surface area (Å²) in [4.78, 5) is 34.5. The molecule has 0 atom stereocenters. The van der Waals surface area contributed by atoms with Gasteiger partial charge in [-0.25, -0.2) is 9.59 Å². The third kappa shape index (κ3) is 4.79. The summed E-state index contributed by atoms with van der Waals surface area (Å²) >= 11 is 0. The Morgan fingerprint density at radius 3 is 2.57 bits per heavy atom. The van der Waals surface area contributed by atoms with Crippen LogP contribution < -0.4 is 16.0 Å². The minimum absolute atomic E-state index is 0.134. The molecule has 7 nitrogen and oxygen atoms in total. The van der Waals surface area contributed by atoms with Gasteiger partial charge in [-0.1, -0.05) is 12.1 Å². The van der Waals surface area contributed by atoms with E-state index in [9.17, 15) is 14.4 Å². The SMILES string of the molecule is CCNC(=O)NC(=O)CNc1cccc(C)c1C(=O)OC. The first-order chi connectivity index (χ1) is 9.99. The quantitative estimate of drug-likeness (QED) is 0.705. The van der Waals surface area contributed by atoms with E-state index in [0.717, 1.165) is 5.56 Å². The summed E-state index contributed by atoms with van der Waals surface area (Å²) in [5, 5.41) is 7.43. The van der Waals surface area contributed by atoms with Crippen LogP contribution in [-0.4, -0.2) is 38.1 Å². The van der Waals surface area contributed by atoms with Crippen LogP contribution in [0.2, 0.25) is 0 Å². The van der Waals surface area contributed by atoms with Crippen LogP contribution in [0.5, 0.6) is 0 Å². The van der Waals surface area contributed by atoms with Gasteiger partial charge in [0.1, 0.15) is 0 Å². The Morgan fingerprint density at radius 2 is 1.95 bits per heavy atom. The lowest BCUT2D eigenvalue weighted by atomic mass is 10.1. The molecule has 0 heterocycles. The number of aryl methyl sites for hydroxylation is 1. The molecule has 21 heavy (non-hydrogen) atoms. The minimum Gasteiger partial charge on any atom is -0.465 e. The van der Waals surface area contributed by atoms with E-state index >= 15 is 0 Å². The number of amides is 3. The number of urea groups is 1. The summed E-state index contributed by atoms with van der Waals surface area (Å²) in [5.74, 6) is -0.988. The van der Waals surface area contributed by atoms with Crippen LogP contribution in [0.1, 0.15) is 22.8 Å². The van der Waals surface area contributed by atoms with Crippen molar-refractivity contribution in [2.24, 2.45) is 0 Å². The molecule has 0 aliphatic carbocycles. The fourth-order valence-electron chi connectivity index (χ4n) is 1.74. The number of imide groups is 1. The van der Waals surface area contributed by atoms with Crippen molar-refractivity contribution < 1.29 is 19.1 Å². The van der Waals surface area contributed by atoms with Gasteiger partial charge in [0.2, 0.25) is 5.91 Å². The first kappa shape index (κ1) is 16.5. The first-order valence-corrected chi connectivity index (χ1v) is 6.49. The lowest BCUT2D eigenvalue weighted by Gasteiger charge is -2.12.